The topological polar surface area (TPSA) is 91.0 Å². The number of carbonyl (C=O) groups excluding carboxylic acids is 1. The Bertz CT molecular complexity index is 371. The fourth-order valence-corrected chi connectivity index (χ4v) is 2.66. The summed E-state index contributed by atoms with van der Waals surface area (Å²) in [5, 5.41) is 10.5. The summed E-state index contributed by atoms with van der Waals surface area (Å²) in [6.45, 7) is 2.62. The Hall–Kier alpha value is -0.660. The fourth-order valence-electron chi connectivity index (χ4n) is 2.47. The molecule has 0 aromatic heterocycles. The molecule has 6 nitrogen and oxygen atoms in total. The van der Waals surface area contributed by atoms with E-state index in [1.54, 1.807) is 6.92 Å². The van der Waals surface area contributed by atoms with Crippen LogP contribution in [0.4, 0.5) is 0 Å². The number of nitrogens with two attached hydrogens (primary N) is 1. The van der Waals surface area contributed by atoms with Crippen LogP contribution in [0.1, 0.15) is 26.2 Å². The highest BCUT2D eigenvalue weighted by Crippen LogP contribution is 2.26. The van der Waals surface area contributed by atoms with Crippen molar-refractivity contribution >= 4 is 17.6 Å². The van der Waals surface area contributed by atoms with Gasteiger partial charge >= 0.3 is 5.97 Å². The van der Waals surface area contributed by atoms with Crippen LogP contribution in [0.15, 0.2) is 11.6 Å². The number of unbranched alkanes of at least 4 members (excludes halogenated alkanes) is 1. The van der Waals surface area contributed by atoms with Gasteiger partial charge in [-0.15, -0.1) is 11.6 Å². The molecule has 0 spiro atoms. The molecular weight excluding hydrogens is 310 g/mol. The number of hydrogen-bond acceptors (Lipinski definition) is 6. The number of carbonyl (C=O) groups is 1. The van der Waals surface area contributed by atoms with Gasteiger partial charge in [0, 0.05) is 17.4 Å². The predicted molar refractivity (Wildman–Crippen MR) is 83.5 cm³/mol. The van der Waals surface area contributed by atoms with Gasteiger partial charge in [-0.2, -0.15) is 0 Å². The van der Waals surface area contributed by atoms with Gasteiger partial charge in [-0.1, -0.05) is 12.5 Å². The maximum Gasteiger partial charge on any atom is 0.333 e. The van der Waals surface area contributed by atoms with Crippen molar-refractivity contribution in [2.24, 2.45) is 11.7 Å². The number of aliphatic hydroxyl groups is 1. The second kappa shape index (κ2) is 10.2. The van der Waals surface area contributed by atoms with Crippen molar-refractivity contribution in [2.75, 3.05) is 26.2 Å². The first-order valence-corrected chi connectivity index (χ1v) is 8.04. The summed E-state index contributed by atoms with van der Waals surface area (Å²) >= 11 is 5.70. The Morgan fingerprint density at radius 3 is 2.64 bits per heavy atom. The zero-order valence-corrected chi connectivity index (χ0v) is 13.9. The molecule has 3 atom stereocenters. The third kappa shape index (κ3) is 5.85. The maximum atomic E-state index is 11.4. The number of methoxy groups -OCH3 is 1. The second-order valence-electron chi connectivity index (χ2n) is 5.37. The first kappa shape index (κ1) is 19.4. The zero-order valence-electron chi connectivity index (χ0n) is 13.2. The molecule has 1 aliphatic heterocycles. The van der Waals surface area contributed by atoms with E-state index >= 15 is 0 Å². The predicted octanol–water partition coefficient (Wildman–Crippen LogP) is 1.19. The van der Waals surface area contributed by atoms with Gasteiger partial charge < -0.3 is 25.1 Å². The molecule has 0 bridgehead atoms. The molecule has 1 aliphatic rings. The molecule has 22 heavy (non-hydrogen) atoms. The van der Waals surface area contributed by atoms with E-state index < -0.39 is 24.4 Å². The highest BCUT2D eigenvalue weighted by atomic mass is 35.5. The van der Waals surface area contributed by atoms with Crippen LogP contribution in [0.3, 0.4) is 0 Å². The number of esters is 1. The van der Waals surface area contributed by atoms with Gasteiger partial charge in [0.2, 0.25) is 0 Å². The molecule has 0 aliphatic carbocycles. The van der Waals surface area contributed by atoms with Crippen LogP contribution in [0, 0.1) is 5.92 Å². The average Bonchev–Trinajstić information content (AvgIpc) is 3.04. The third-order valence-electron chi connectivity index (χ3n) is 3.70. The highest BCUT2D eigenvalue weighted by Gasteiger charge is 2.34. The number of aliphatic hydroxyl groups excluding tert-OH is 1. The van der Waals surface area contributed by atoms with Crippen molar-refractivity contribution in [3.8, 4) is 0 Å². The van der Waals surface area contributed by atoms with Crippen molar-refractivity contribution in [3.05, 3.63) is 11.6 Å². The standard InChI is InChI=1S/C15H26ClNO5/c1-10(14(19)20-2)9-12(17)13(18)11(5-3-4-6-16)15-21-7-8-22-15/h9,11-13,15,18H,3-8,17H2,1-2H3/b10-9+/t11-,12+,13+/m1/s1. The molecule has 1 saturated heterocycles. The van der Waals surface area contributed by atoms with E-state index in [4.69, 9.17) is 26.8 Å². The molecule has 3 N–H and O–H groups in total. The number of hydrogen-bond donors (Lipinski definition) is 2. The number of ether oxygens (including phenoxy) is 3. The van der Waals surface area contributed by atoms with E-state index in [0.29, 0.717) is 31.1 Å². The van der Waals surface area contributed by atoms with E-state index in [-0.39, 0.29) is 5.92 Å². The van der Waals surface area contributed by atoms with E-state index in [0.717, 1.165) is 12.8 Å². The Labute approximate surface area is 136 Å². The van der Waals surface area contributed by atoms with Crippen molar-refractivity contribution < 1.29 is 24.1 Å². The summed E-state index contributed by atoms with van der Waals surface area (Å²) in [6, 6.07) is -0.701. The summed E-state index contributed by atoms with van der Waals surface area (Å²) < 4.78 is 15.6. The molecule has 7 heteroatoms. The van der Waals surface area contributed by atoms with Crippen LogP contribution < -0.4 is 5.73 Å². The number of rotatable bonds is 9. The lowest BCUT2D eigenvalue weighted by molar-refractivity contribution is -0.136. The Morgan fingerprint density at radius 1 is 1.45 bits per heavy atom. The van der Waals surface area contributed by atoms with Crippen molar-refractivity contribution in [3.63, 3.8) is 0 Å². The van der Waals surface area contributed by atoms with Gasteiger partial charge in [0.25, 0.3) is 0 Å². The number of alkyl halides is 1. The minimum absolute atomic E-state index is 0.262. The summed E-state index contributed by atoms with van der Waals surface area (Å²) in [5.74, 6) is -0.153. The highest BCUT2D eigenvalue weighted by molar-refractivity contribution is 6.17. The molecule has 1 heterocycles. The smallest absolute Gasteiger partial charge is 0.333 e. The monoisotopic (exact) mass is 335 g/mol. The van der Waals surface area contributed by atoms with Gasteiger partial charge in [0.05, 0.1) is 32.5 Å². The summed E-state index contributed by atoms with van der Waals surface area (Å²) in [7, 11) is 1.30. The molecule has 128 valence electrons. The Balaban J connectivity index is 2.71. The van der Waals surface area contributed by atoms with Crippen LogP contribution in [-0.2, 0) is 19.0 Å². The quantitative estimate of drug-likeness (QED) is 0.285. The van der Waals surface area contributed by atoms with Crippen molar-refractivity contribution in [1.82, 2.24) is 0 Å². The van der Waals surface area contributed by atoms with Gasteiger partial charge in [0.1, 0.15) is 0 Å². The molecule has 0 aromatic rings. The van der Waals surface area contributed by atoms with Crippen LogP contribution in [0.2, 0.25) is 0 Å². The van der Waals surface area contributed by atoms with Crippen molar-refractivity contribution in [1.29, 1.82) is 0 Å². The van der Waals surface area contributed by atoms with Crippen LogP contribution in [0.5, 0.6) is 0 Å². The molecule has 0 radical (unpaired) electrons. The summed E-state index contributed by atoms with van der Waals surface area (Å²) in [5.41, 5.74) is 6.37. The fraction of sp³-hybridized carbons (Fsp3) is 0.800. The lowest BCUT2D eigenvalue weighted by Gasteiger charge is -2.29. The van der Waals surface area contributed by atoms with Gasteiger partial charge in [-0.25, -0.2) is 4.79 Å². The molecule has 1 fully saturated rings. The van der Waals surface area contributed by atoms with Crippen LogP contribution in [0.25, 0.3) is 0 Å². The largest absolute Gasteiger partial charge is 0.466 e. The van der Waals surface area contributed by atoms with Gasteiger partial charge in [-0.3, -0.25) is 0 Å². The molecule has 1 rings (SSSR count). The minimum atomic E-state index is -0.877. The lowest BCUT2D eigenvalue weighted by atomic mass is 9.90. The molecule has 0 aromatic carbocycles. The SMILES string of the molecule is COC(=O)/C(C)=C/[C@H](N)[C@@H](O)[C@@H](CCCCCl)C1OCCO1. The Morgan fingerprint density at radius 2 is 2.09 bits per heavy atom. The van der Waals surface area contributed by atoms with Crippen molar-refractivity contribution in [2.45, 2.75) is 44.6 Å². The third-order valence-corrected chi connectivity index (χ3v) is 3.97. The molecule has 0 amide bonds. The van der Waals surface area contributed by atoms with Gasteiger partial charge in [-0.05, 0) is 19.8 Å². The Kier molecular flexibility index (Phi) is 8.97. The number of halogens is 1. The molecule has 0 saturated carbocycles. The maximum absolute atomic E-state index is 11.4. The summed E-state index contributed by atoms with van der Waals surface area (Å²) in [4.78, 5) is 11.4. The second-order valence-corrected chi connectivity index (χ2v) is 5.75. The minimum Gasteiger partial charge on any atom is -0.466 e. The van der Waals surface area contributed by atoms with Crippen LogP contribution in [-0.4, -0.2) is 55.7 Å². The average molecular weight is 336 g/mol. The lowest BCUT2D eigenvalue weighted by Crippen LogP contribution is -2.44. The normalized spacial score (nSPS) is 20.7. The first-order valence-electron chi connectivity index (χ1n) is 7.50. The van der Waals surface area contributed by atoms with E-state index in [9.17, 15) is 9.90 Å². The molecule has 0 unspecified atom stereocenters. The van der Waals surface area contributed by atoms with Gasteiger partial charge in [0.15, 0.2) is 6.29 Å². The summed E-state index contributed by atoms with van der Waals surface area (Å²) in [6.07, 6.45) is 2.56. The zero-order chi connectivity index (χ0) is 16.5. The van der Waals surface area contributed by atoms with E-state index in [2.05, 4.69) is 4.74 Å². The molecular formula is C15H26ClNO5. The van der Waals surface area contributed by atoms with Crippen LogP contribution >= 0.6 is 11.6 Å². The van der Waals surface area contributed by atoms with E-state index in [1.807, 2.05) is 0 Å². The van der Waals surface area contributed by atoms with E-state index in [1.165, 1.54) is 13.2 Å². The first-order chi connectivity index (χ1) is 10.5.